The molecule has 1 heterocycles. The fourth-order valence-electron chi connectivity index (χ4n) is 2.62. The summed E-state index contributed by atoms with van der Waals surface area (Å²) >= 11 is 0. The molecule has 0 aliphatic carbocycles. The van der Waals surface area contributed by atoms with Crippen LogP contribution >= 0.6 is 0 Å². The minimum atomic E-state index is 0.397. The fraction of sp³-hybridized carbons (Fsp3) is 0.562. The number of hydrogen-bond acceptors (Lipinski definition) is 3. The van der Waals surface area contributed by atoms with Crippen LogP contribution in [0.5, 0.6) is 0 Å². The number of benzene rings is 1. The van der Waals surface area contributed by atoms with Crippen molar-refractivity contribution in [2.75, 3.05) is 26.7 Å². The van der Waals surface area contributed by atoms with Gasteiger partial charge in [0.15, 0.2) is 0 Å². The van der Waals surface area contributed by atoms with E-state index < -0.39 is 0 Å². The molecule has 1 aliphatic heterocycles. The molecule has 0 unspecified atom stereocenters. The summed E-state index contributed by atoms with van der Waals surface area (Å²) in [6.45, 7) is 6.55. The molecule has 19 heavy (non-hydrogen) atoms. The summed E-state index contributed by atoms with van der Waals surface area (Å²) in [6, 6.07) is 10.1. The third kappa shape index (κ3) is 3.79. The molecule has 1 fully saturated rings. The van der Waals surface area contributed by atoms with Gasteiger partial charge in [-0.05, 0) is 50.0 Å². The molecule has 1 N–H and O–H groups in total. The van der Waals surface area contributed by atoms with Crippen LogP contribution in [0.1, 0.15) is 30.9 Å². The van der Waals surface area contributed by atoms with Crippen molar-refractivity contribution >= 4 is 0 Å². The second kappa shape index (κ2) is 6.18. The zero-order valence-corrected chi connectivity index (χ0v) is 11.9. The van der Waals surface area contributed by atoms with Crippen LogP contribution in [-0.2, 0) is 6.54 Å². The van der Waals surface area contributed by atoms with E-state index in [1.54, 1.807) is 0 Å². The van der Waals surface area contributed by atoms with Crippen molar-refractivity contribution in [3.05, 3.63) is 35.4 Å². The number of nitriles is 1. The Morgan fingerprint density at radius 1 is 1.32 bits per heavy atom. The van der Waals surface area contributed by atoms with E-state index in [1.165, 1.54) is 25.9 Å². The summed E-state index contributed by atoms with van der Waals surface area (Å²) in [5.41, 5.74) is 2.28. The van der Waals surface area contributed by atoms with Gasteiger partial charge in [0.25, 0.3) is 0 Å². The van der Waals surface area contributed by atoms with E-state index in [0.29, 0.717) is 5.41 Å². The molecule has 2 rings (SSSR count). The molecule has 3 nitrogen and oxygen atoms in total. The van der Waals surface area contributed by atoms with Crippen molar-refractivity contribution < 1.29 is 0 Å². The van der Waals surface area contributed by atoms with Gasteiger partial charge in [0.1, 0.15) is 0 Å². The van der Waals surface area contributed by atoms with E-state index in [0.717, 1.165) is 24.2 Å². The number of nitrogens with one attached hydrogen (secondary N) is 1. The molecule has 0 aromatic heterocycles. The first-order valence-corrected chi connectivity index (χ1v) is 7.00. The molecule has 3 heteroatoms. The molecular formula is C16H23N3. The van der Waals surface area contributed by atoms with E-state index in [-0.39, 0.29) is 0 Å². The molecule has 1 aromatic carbocycles. The first kappa shape index (κ1) is 14.0. The summed E-state index contributed by atoms with van der Waals surface area (Å²) < 4.78 is 0. The van der Waals surface area contributed by atoms with Crippen LogP contribution in [0.25, 0.3) is 0 Å². The van der Waals surface area contributed by atoms with Crippen molar-refractivity contribution in [1.82, 2.24) is 10.2 Å². The van der Waals surface area contributed by atoms with E-state index >= 15 is 0 Å². The number of rotatable bonds is 4. The number of piperidine rings is 1. The smallest absolute Gasteiger partial charge is 0.0995 e. The van der Waals surface area contributed by atoms with Crippen LogP contribution in [-0.4, -0.2) is 31.6 Å². The summed E-state index contributed by atoms with van der Waals surface area (Å²) in [4.78, 5) is 2.40. The van der Waals surface area contributed by atoms with Gasteiger partial charge in [-0.1, -0.05) is 25.1 Å². The van der Waals surface area contributed by atoms with Gasteiger partial charge in [-0.15, -0.1) is 0 Å². The lowest BCUT2D eigenvalue weighted by molar-refractivity contribution is 0.137. The zero-order valence-electron chi connectivity index (χ0n) is 11.9. The highest BCUT2D eigenvalue weighted by molar-refractivity contribution is 5.37. The van der Waals surface area contributed by atoms with Crippen molar-refractivity contribution in [3.8, 4) is 6.07 Å². The molecule has 1 aromatic rings. The number of hydrogen-bond donors (Lipinski definition) is 1. The first-order chi connectivity index (χ1) is 9.13. The zero-order chi connectivity index (χ0) is 13.7. The van der Waals surface area contributed by atoms with Gasteiger partial charge in [-0.3, -0.25) is 0 Å². The Labute approximate surface area is 116 Å². The third-order valence-electron chi connectivity index (χ3n) is 4.20. The molecule has 1 aliphatic rings. The highest BCUT2D eigenvalue weighted by Gasteiger charge is 2.28. The molecule has 0 amide bonds. The minimum absolute atomic E-state index is 0.397. The molecule has 0 saturated carbocycles. The lowest BCUT2D eigenvalue weighted by Gasteiger charge is -2.38. The Bertz CT molecular complexity index is 453. The predicted octanol–water partition coefficient (Wildman–Crippen LogP) is 2.38. The Kier molecular flexibility index (Phi) is 4.57. The second-order valence-corrected chi connectivity index (χ2v) is 5.99. The largest absolute Gasteiger partial charge is 0.312 e. The van der Waals surface area contributed by atoms with Crippen molar-refractivity contribution in [2.45, 2.75) is 26.3 Å². The Morgan fingerprint density at radius 2 is 2.00 bits per heavy atom. The van der Waals surface area contributed by atoms with Gasteiger partial charge in [-0.2, -0.15) is 5.26 Å². The van der Waals surface area contributed by atoms with Crippen molar-refractivity contribution in [3.63, 3.8) is 0 Å². The van der Waals surface area contributed by atoms with Gasteiger partial charge >= 0.3 is 0 Å². The molecule has 102 valence electrons. The Morgan fingerprint density at radius 3 is 2.68 bits per heavy atom. The maximum atomic E-state index is 9.06. The third-order valence-corrected chi connectivity index (χ3v) is 4.20. The lowest BCUT2D eigenvalue weighted by atomic mass is 9.80. The molecule has 1 saturated heterocycles. The van der Waals surface area contributed by atoms with E-state index in [4.69, 9.17) is 5.26 Å². The Balaban J connectivity index is 1.85. The monoisotopic (exact) mass is 257 g/mol. The van der Waals surface area contributed by atoms with Crippen LogP contribution in [0.3, 0.4) is 0 Å². The topological polar surface area (TPSA) is 39.1 Å². The summed E-state index contributed by atoms with van der Waals surface area (Å²) in [5.74, 6) is 0. The molecule has 0 bridgehead atoms. The van der Waals surface area contributed by atoms with E-state index in [1.807, 2.05) is 24.3 Å². The van der Waals surface area contributed by atoms with E-state index in [9.17, 15) is 0 Å². The molecular weight excluding hydrogens is 234 g/mol. The highest BCUT2D eigenvalue weighted by Crippen LogP contribution is 2.29. The maximum absolute atomic E-state index is 9.06. The van der Waals surface area contributed by atoms with Gasteiger partial charge < -0.3 is 10.2 Å². The normalized spacial score (nSPS) is 19.0. The van der Waals surface area contributed by atoms with Gasteiger partial charge in [0, 0.05) is 13.1 Å². The van der Waals surface area contributed by atoms with Crippen LogP contribution in [0, 0.1) is 16.7 Å². The first-order valence-electron chi connectivity index (χ1n) is 7.00. The highest BCUT2D eigenvalue weighted by atomic mass is 15.1. The predicted molar refractivity (Wildman–Crippen MR) is 77.7 cm³/mol. The second-order valence-electron chi connectivity index (χ2n) is 5.99. The molecule has 0 spiro atoms. The van der Waals surface area contributed by atoms with Gasteiger partial charge in [0.2, 0.25) is 0 Å². The summed E-state index contributed by atoms with van der Waals surface area (Å²) in [7, 11) is 2.19. The standard InChI is InChI=1S/C16H23N3/c1-16(7-9-19(2)10-8-16)13-18-12-15-6-4-3-5-14(15)11-17/h3-6,18H,7-10,12-13H2,1-2H3. The minimum Gasteiger partial charge on any atom is -0.312 e. The maximum Gasteiger partial charge on any atom is 0.0995 e. The average Bonchev–Trinajstić information content (AvgIpc) is 2.43. The van der Waals surface area contributed by atoms with E-state index in [2.05, 4.69) is 30.3 Å². The lowest BCUT2D eigenvalue weighted by Crippen LogP contribution is -2.41. The number of nitrogens with zero attached hydrogens (tertiary/aromatic N) is 2. The molecule has 0 radical (unpaired) electrons. The molecule has 0 atom stereocenters. The summed E-state index contributed by atoms with van der Waals surface area (Å²) in [5, 5.41) is 12.6. The quantitative estimate of drug-likeness (QED) is 0.900. The van der Waals surface area contributed by atoms with Gasteiger partial charge in [0.05, 0.1) is 11.6 Å². The SMILES string of the molecule is CN1CCC(C)(CNCc2ccccc2C#N)CC1. The fourth-order valence-corrected chi connectivity index (χ4v) is 2.62. The van der Waals surface area contributed by atoms with Gasteiger partial charge in [-0.25, -0.2) is 0 Å². The average molecular weight is 257 g/mol. The van der Waals surface area contributed by atoms with Crippen LogP contribution in [0.4, 0.5) is 0 Å². The van der Waals surface area contributed by atoms with Crippen LogP contribution < -0.4 is 5.32 Å². The number of likely N-dealkylation sites (tertiary alicyclic amines) is 1. The van der Waals surface area contributed by atoms with Crippen molar-refractivity contribution in [1.29, 1.82) is 5.26 Å². The Hall–Kier alpha value is -1.37. The summed E-state index contributed by atoms with van der Waals surface area (Å²) in [6.07, 6.45) is 2.49. The van der Waals surface area contributed by atoms with Crippen molar-refractivity contribution in [2.24, 2.45) is 5.41 Å². The van der Waals surface area contributed by atoms with Crippen LogP contribution in [0.2, 0.25) is 0 Å². The van der Waals surface area contributed by atoms with Crippen LogP contribution in [0.15, 0.2) is 24.3 Å².